The quantitative estimate of drug-likeness (QED) is 0.546. The fourth-order valence-corrected chi connectivity index (χ4v) is 2.29. The van der Waals surface area contributed by atoms with Gasteiger partial charge in [-0.2, -0.15) is 0 Å². The normalized spacial score (nSPS) is 11.3. The third-order valence-corrected chi connectivity index (χ3v) is 3.39. The summed E-state index contributed by atoms with van der Waals surface area (Å²) in [4.78, 5) is 13.9. The van der Waals surface area contributed by atoms with Crippen LogP contribution in [0.1, 0.15) is 25.8 Å². The molecule has 1 rings (SSSR count). The van der Waals surface area contributed by atoms with Crippen LogP contribution in [-0.2, 0) is 4.79 Å². The minimum absolute atomic E-state index is 0.00858. The van der Waals surface area contributed by atoms with Crippen molar-refractivity contribution in [1.82, 2.24) is 10.2 Å². The number of ether oxygens (including phenoxy) is 2. The number of hydrogen-bond donors (Lipinski definition) is 1. The van der Waals surface area contributed by atoms with Crippen molar-refractivity contribution in [2.75, 3.05) is 34.3 Å². The summed E-state index contributed by atoms with van der Waals surface area (Å²) in [7, 11) is 5.57. The molecule has 0 radical (unpaired) electrons. The zero-order valence-electron chi connectivity index (χ0n) is 15.1. The molecule has 0 aliphatic carbocycles. The van der Waals surface area contributed by atoms with Crippen molar-refractivity contribution < 1.29 is 14.3 Å². The van der Waals surface area contributed by atoms with E-state index in [-0.39, 0.29) is 12.0 Å². The second kappa shape index (κ2) is 10.2. The molecular weight excluding hydrogens is 328 g/mol. The van der Waals surface area contributed by atoms with Gasteiger partial charge < -0.3 is 19.7 Å². The number of hydrogen-bond acceptors (Lipinski definition) is 4. The zero-order valence-corrected chi connectivity index (χ0v) is 15.8. The number of rotatable bonds is 9. The first-order chi connectivity index (χ1) is 11.3. The van der Waals surface area contributed by atoms with Crippen molar-refractivity contribution in [2.24, 2.45) is 0 Å². The molecule has 0 saturated carbocycles. The largest absolute Gasteiger partial charge is 0.493 e. The maximum absolute atomic E-state index is 11.8. The van der Waals surface area contributed by atoms with Gasteiger partial charge in [0.25, 0.3) is 0 Å². The van der Waals surface area contributed by atoms with E-state index in [2.05, 4.69) is 10.2 Å². The van der Waals surface area contributed by atoms with Gasteiger partial charge in [-0.1, -0.05) is 11.6 Å². The predicted molar refractivity (Wildman–Crippen MR) is 99.0 cm³/mol. The van der Waals surface area contributed by atoms with Crippen LogP contribution in [0.5, 0.6) is 11.5 Å². The van der Waals surface area contributed by atoms with E-state index in [1.807, 2.05) is 27.9 Å². The number of carbonyl (C=O) groups is 1. The van der Waals surface area contributed by atoms with Crippen LogP contribution in [0.25, 0.3) is 6.08 Å². The summed E-state index contributed by atoms with van der Waals surface area (Å²) in [6.45, 7) is 5.43. The Balaban J connectivity index is 2.70. The van der Waals surface area contributed by atoms with E-state index in [0.717, 1.165) is 18.5 Å². The van der Waals surface area contributed by atoms with Crippen molar-refractivity contribution in [3.05, 3.63) is 28.8 Å². The molecule has 6 heteroatoms. The Morgan fingerprint density at radius 3 is 2.67 bits per heavy atom. The first kappa shape index (κ1) is 20.3. The Labute approximate surface area is 149 Å². The molecule has 0 saturated heterocycles. The molecule has 0 unspecified atom stereocenters. The first-order valence-corrected chi connectivity index (χ1v) is 8.36. The summed E-state index contributed by atoms with van der Waals surface area (Å²) >= 11 is 6.26. The Morgan fingerprint density at radius 1 is 1.38 bits per heavy atom. The van der Waals surface area contributed by atoms with Gasteiger partial charge in [0.2, 0.25) is 5.91 Å². The Bertz CT molecular complexity index is 572. The summed E-state index contributed by atoms with van der Waals surface area (Å²) in [5.41, 5.74) is 0.774. The SMILES string of the molecule is COc1cc(C=CC(=O)NCCCN(C)C)cc(Cl)c1OC(C)C. The maximum Gasteiger partial charge on any atom is 0.243 e. The van der Waals surface area contributed by atoms with Gasteiger partial charge in [0.15, 0.2) is 11.5 Å². The van der Waals surface area contributed by atoms with E-state index >= 15 is 0 Å². The summed E-state index contributed by atoms with van der Waals surface area (Å²) < 4.78 is 11.0. The fourth-order valence-electron chi connectivity index (χ4n) is 2.02. The molecule has 0 heterocycles. The lowest BCUT2D eigenvalue weighted by Crippen LogP contribution is -2.25. The van der Waals surface area contributed by atoms with E-state index in [0.29, 0.717) is 23.1 Å². The Hall–Kier alpha value is -1.72. The first-order valence-electron chi connectivity index (χ1n) is 7.98. The highest BCUT2D eigenvalue weighted by Gasteiger charge is 2.12. The van der Waals surface area contributed by atoms with Crippen LogP contribution in [0, 0.1) is 0 Å². The molecule has 0 fully saturated rings. The van der Waals surface area contributed by atoms with Crippen LogP contribution in [0.3, 0.4) is 0 Å². The van der Waals surface area contributed by atoms with Gasteiger partial charge in [-0.3, -0.25) is 4.79 Å². The van der Waals surface area contributed by atoms with Crippen LogP contribution < -0.4 is 14.8 Å². The third kappa shape index (κ3) is 7.23. The summed E-state index contributed by atoms with van der Waals surface area (Å²) in [6, 6.07) is 3.54. The van der Waals surface area contributed by atoms with Crippen molar-refractivity contribution in [3.63, 3.8) is 0 Å². The monoisotopic (exact) mass is 354 g/mol. The molecule has 1 aromatic carbocycles. The van der Waals surface area contributed by atoms with Gasteiger partial charge in [0.1, 0.15) is 0 Å². The molecule has 1 N–H and O–H groups in total. The lowest BCUT2D eigenvalue weighted by Gasteiger charge is -2.15. The second-order valence-electron chi connectivity index (χ2n) is 5.98. The average Bonchev–Trinajstić information content (AvgIpc) is 2.51. The number of nitrogens with one attached hydrogen (secondary N) is 1. The number of nitrogens with zero attached hydrogens (tertiary/aromatic N) is 1. The summed E-state index contributed by atoms with van der Waals surface area (Å²) in [5.74, 6) is 0.924. The van der Waals surface area contributed by atoms with Crippen LogP contribution in [0.15, 0.2) is 18.2 Å². The Morgan fingerprint density at radius 2 is 2.08 bits per heavy atom. The number of methoxy groups -OCH3 is 1. The van der Waals surface area contributed by atoms with Crippen molar-refractivity contribution in [2.45, 2.75) is 26.4 Å². The molecule has 134 valence electrons. The molecule has 0 atom stereocenters. The number of carbonyl (C=O) groups excluding carboxylic acids is 1. The molecular formula is C18H27ClN2O3. The lowest BCUT2D eigenvalue weighted by molar-refractivity contribution is -0.116. The molecule has 24 heavy (non-hydrogen) atoms. The lowest BCUT2D eigenvalue weighted by atomic mass is 10.2. The van der Waals surface area contributed by atoms with Crippen LogP contribution in [0.4, 0.5) is 0 Å². The molecule has 0 bridgehead atoms. The van der Waals surface area contributed by atoms with Crippen LogP contribution >= 0.6 is 11.6 Å². The van der Waals surface area contributed by atoms with Crippen molar-refractivity contribution in [3.8, 4) is 11.5 Å². The summed E-state index contributed by atoms with van der Waals surface area (Å²) in [5, 5.41) is 3.30. The Kier molecular flexibility index (Phi) is 8.65. The molecule has 0 aromatic heterocycles. The van der Waals surface area contributed by atoms with Crippen LogP contribution in [0.2, 0.25) is 5.02 Å². The zero-order chi connectivity index (χ0) is 18.1. The van der Waals surface area contributed by atoms with E-state index in [1.165, 1.54) is 6.08 Å². The minimum atomic E-state index is -0.133. The summed E-state index contributed by atoms with van der Waals surface area (Å²) in [6.07, 6.45) is 4.09. The molecule has 1 aromatic rings. The fraction of sp³-hybridized carbons (Fsp3) is 0.500. The molecule has 1 amide bonds. The molecule has 5 nitrogen and oxygen atoms in total. The average molecular weight is 355 g/mol. The van der Waals surface area contributed by atoms with E-state index in [1.54, 1.807) is 25.3 Å². The maximum atomic E-state index is 11.8. The molecule has 0 aliphatic heterocycles. The van der Waals surface area contributed by atoms with Crippen LogP contribution in [-0.4, -0.2) is 51.2 Å². The minimum Gasteiger partial charge on any atom is -0.493 e. The molecule has 0 aliphatic rings. The number of benzene rings is 1. The standard InChI is InChI=1S/C18H27ClN2O3/c1-13(2)24-18-15(19)11-14(12-16(18)23-5)7-8-17(22)20-9-6-10-21(3)4/h7-8,11-13H,6,9-10H2,1-5H3,(H,20,22). The van der Waals surface area contributed by atoms with E-state index < -0.39 is 0 Å². The van der Waals surface area contributed by atoms with E-state index in [9.17, 15) is 4.79 Å². The van der Waals surface area contributed by atoms with E-state index in [4.69, 9.17) is 21.1 Å². The van der Waals surface area contributed by atoms with Gasteiger partial charge in [-0.15, -0.1) is 0 Å². The van der Waals surface area contributed by atoms with Gasteiger partial charge in [-0.25, -0.2) is 0 Å². The topological polar surface area (TPSA) is 50.8 Å². The third-order valence-electron chi connectivity index (χ3n) is 3.11. The molecule has 0 spiro atoms. The highest BCUT2D eigenvalue weighted by atomic mass is 35.5. The predicted octanol–water partition coefficient (Wildman–Crippen LogP) is 3.22. The highest BCUT2D eigenvalue weighted by molar-refractivity contribution is 6.32. The highest BCUT2D eigenvalue weighted by Crippen LogP contribution is 2.37. The van der Waals surface area contributed by atoms with Gasteiger partial charge in [0, 0.05) is 12.6 Å². The van der Waals surface area contributed by atoms with Gasteiger partial charge in [-0.05, 0) is 64.7 Å². The van der Waals surface area contributed by atoms with Crippen molar-refractivity contribution in [1.29, 1.82) is 0 Å². The van der Waals surface area contributed by atoms with Crippen molar-refractivity contribution >= 4 is 23.6 Å². The second-order valence-corrected chi connectivity index (χ2v) is 6.39. The van der Waals surface area contributed by atoms with Gasteiger partial charge >= 0.3 is 0 Å². The number of halogens is 1. The smallest absolute Gasteiger partial charge is 0.243 e. The number of amides is 1. The van der Waals surface area contributed by atoms with Gasteiger partial charge in [0.05, 0.1) is 18.2 Å².